The molecule has 6 nitrogen and oxygen atoms in total. The summed E-state index contributed by atoms with van der Waals surface area (Å²) in [5, 5.41) is 19.7. The summed E-state index contributed by atoms with van der Waals surface area (Å²) in [6.45, 7) is 16.1. The molecular weight excluding hydrogens is 479 g/mol. The molecule has 166 valence electrons. The lowest BCUT2D eigenvalue weighted by Crippen LogP contribution is -2.42. The topological polar surface area (TPSA) is 85.8 Å². The fourth-order valence-electron chi connectivity index (χ4n) is 2.61. The van der Waals surface area contributed by atoms with Crippen LogP contribution in [0, 0.1) is 5.41 Å². The van der Waals surface area contributed by atoms with Gasteiger partial charge in [0.05, 0.1) is 18.1 Å². The van der Waals surface area contributed by atoms with Crippen molar-refractivity contribution in [3.63, 3.8) is 0 Å². The largest absolute Gasteiger partial charge is 0.387 e. The van der Waals surface area contributed by atoms with Crippen LogP contribution >= 0.6 is 24.0 Å². The average Bonchev–Trinajstić information content (AvgIpc) is 2.63. The average molecular weight is 518 g/mol. The zero-order valence-electron chi connectivity index (χ0n) is 18.9. The van der Waals surface area contributed by atoms with Gasteiger partial charge in [0.25, 0.3) is 0 Å². The second-order valence-corrected chi connectivity index (χ2v) is 8.71. The van der Waals surface area contributed by atoms with E-state index in [9.17, 15) is 9.90 Å². The van der Waals surface area contributed by atoms with Crippen molar-refractivity contribution in [2.45, 2.75) is 60.0 Å². The monoisotopic (exact) mass is 518 g/mol. The van der Waals surface area contributed by atoms with Crippen LogP contribution in [0.5, 0.6) is 0 Å². The van der Waals surface area contributed by atoms with Crippen LogP contribution in [-0.4, -0.2) is 43.2 Å². The fourth-order valence-corrected chi connectivity index (χ4v) is 2.61. The number of hydrogen-bond donors (Lipinski definition) is 4. The van der Waals surface area contributed by atoms with Crippen molar-refractivity contribution < 1.29 is 9.90 Å². The minimum Gasteiger partial charge on any atom is -0.387 e. The Balaban J connectivity index is 0.00000784. The molecule has 0 saturated carbocycles. The minimum absolute atomic E-state index is 0. The Kier molecular flexibility index (Phi) is 11.8. The number of amides is 1. The number of benzene rings is 1. The van der Waals surface area contributed by atoms with Gasteiger partial charge in [0.1, 0.15) is 0 Å². The molecule has 4 N–H and O–H groups in total. The van der Waals surface area contributed by atoms with E-state index in [4.69, 9.17) is 0 Å². The van der Waals surface area contributed by atoms with Gasteiger partial charge in [-0.3, -0.25) is 9.79 Å². The molecule has 0 aliphatic carbocycles. The Morgan fingerprint density at radius 3 is 2.03 bits per heavy atom. The lowest BCUT2D eigenvalue weighted by Gasteiger charge is -2.22. The van der Waals surface area contributed by atoms with Gasteiger partial charge in [-0.25, -0.2) is 0 Å². The summed E-state index contributed by atoms with van der Waals surface area (Å²) in [5.74, 6) is 0.568. The third-order valence-corrected chi connectivity index (χ3v) is 4.55. The molecule has 29 heavy (non-hydrogen) atoms. The van der Waals surface area contributed by atoms with Gasteiger partial charge in [0.2, 0.25) is 5.91 Å². The number of hydrogen-bond acceptors (Lipinski definition) is 3. The van der Waals surface area contributed by atoms with E-state index in [2.05, 4.69) is 53.8 Å². The van der Waals surface area contributed by atoms with E-state index in [0.717, 1.165) is 5.56 Å². The second kappa shape index (κ2) is 12.4. The zero-order valence-corrected chi connectivity index (χ0v) is 21.3. The summed E-state index contributed by atoms with van der Waals surface area (Å²) >= 11 is 0. The maximum absolute atomic E-state index is 12.1. The molecule has 1 rings (SSSR count). The van der Waals surface area contributed by atoms with E-state index in [1.807, 2.05) is 39.8 Å². The predicted molar refractivity (Wildman–Crippen MR) is 132 cm³/mol. The highest BCUT2D eigenvalue weighted by Gasteiger charge is 2.27. The number of aliphatic hydroxyl groups is 1. The maximum Gasteiger partial charge on any atom is 0.227 e. The van der Waals surface area contributed by atoms with Crippen molar-refractivity contribution in [1.29, 1.82) is 0 Å². The van der Waals surface area contributed by atoms with Crippen LogP contribution in [0.15, 0.2) is 29.3 Å². The number of aliphatic hydroxyl groups excluding tert-OH is 1. The summed E-state index contributed by atoms with van der Waals surface area (Å²) in [6, 6.07) is 8.06. The number of nitrogens with one attached hydrogen (secondary N) is 3. The molecule has 0 aromatic heterocycles. The first-order valence-corrected chi connectivity index (χ1v) is 10.1. The highest BCUT2D eigenvalue weighted by atomic mass is 127. The zero-order chi connectivity index (χ0) is 21.4. The molecule has 7 heteroatoms. The van der Waals surface area contributed by atoms with Crippen LogP contribution in [0.25, 0.3) is 0 Å². The van der Waals surface area contributed by atoms with Crippen LogP contribution < -0.4 is 16.0 Å². The Morgan fingerprint density at radius 1 is 1.00 bits per heavy atom. The Hall–Kier alpha value is -1.35. The minimum atomic E-state index is -0.644. The van der Waals surface area contributed by atoms with Crippen molar-refractivity contribution >= 4 is 35.8 Å². The van der Waals surface area contributed by atoms with E-state index in [1.165, 1.54) is 5.56 Å². The molecule has 0 radical (unpaired) electrons. The first kappa shape index (κ1) is 27.6. The van der Waals surface area contributed by atoms with Gasteiger partial charge in [0, 0.05) is 19.6 Å². The number of halogens is 1. The van der Waals surface area contributed by atoms with E-state index in [-0.39, 0.29) is 35.3 Å². The summed E-state index contributed by atoms with van der Waals surface area (Å²) in [4.78, 5) is 16.6. The second-order valence-electron chi connectivity index (χ2n) is 8.71. The third kappa shape index (κ3) is 9.33. The summed E-state index contributed by atoms with van der Waals surface area (Å²) in [5.41, 5.74) is 1.58. The number of guanidine groups is 1. The van der Waals surface area contributed by atoms with E-state index < -0.39 is 11.5 Å². The normalized spacial score (nSPS) is 13.3. The standard InChI is InChI=1S/C22H38N4O2.HI/c1-8-23-19(28)22(6,7)15-26-20(24-9-2)25-14-18(27)16-10-12-17(13-11-16)21(3,4)5;/h10-13,18,27H,8-9,14-15H2,1-7H3,(H,23,28)(H2,24,25,26);1H. The summed E-state index contributed by atoms with van der Waals surface area (Å²) < 4.78 is 0. The van der Waals surface area contributed by atoms with Gasteiger partial charge in [-0.1, -0.05) is 45.0 Å². The number of nitrogens with zero attached hydrogens (tertiary/aromatic N) is 1. The molecule has 0 aliphatic rings. The van der Waals surface area contributed by atoms with E-state index in [0.29, 0.717) is 32.1 Å². The number of carbonyl (C=O) groups is 1. The summed E-state index contributed by atoms with van der Waals surface area (Å²) in [7, 11) is 0. The smallest absolute Gasteiger partial charge is 0.227 e. The third-order valence-electron chi connectivity index (χ3n) is 4.55. The Morgan fingerprint density at radius 2 is 1.55 bits per heavy atom. The van der Waals surface area contributed by atoms with Gasteiger partial charge in [-0.15, -0.1) is 24.0 Å². The Bertz CT molecular complexity index is 652. The van der Waals surface area contributed by atoms with Crippen molar-refractivity contribution in [1.82, 2.24) is 16.0 Å². The predicted octanol–water partition coefficient (Wildman–Crippen LogP) is 3.35. The molecule has 0 saturated heterocycles. The first-order valence-electron chi connectivity index (χ1n) is 10.1. The van der Waals surface area contributed by atoms with Crippen molar-refractivity contribution in [3.05, 3.63) is 35.4 Å². The van der Waals surface area contributed by atoms with Crippen molar-refractivity contribution in [3.8, 4) is 0 Å². The maximum atomic E-state index is 12.1. The van der Waals surface area contributed by atoms with Crippen molar-refractivity contribution in [2.24, 2.45) is 10.4 Å². The number of carbonyl (C=O) groups excluding carboxylic acids is 1. The van der Waals surface area contributed by atoms with Crippen LogP contribution in [0.4, 0.5) is 0 Å². The molecule has 0 bridgehead atoms. The molecule has 1 aromatic rings. The molecule has 1 atom stereocenters. The van der Waals surface area contributed by atoms with Crippen LogP contribution in [0.1, 0.15) is 65.7 Å². The van der Waals surface area contributed by atoms with Crippen LogP contribution in [-0.2, 0) is 10.2 Å². The molecule has 0 spiro atoms. The lowest BCUT2D eigenvalue weighted by atomic mass is 9.86. The SMILES string of the molecule is CCNC(=O)C(C)(C)CN=C(NCC)NCC(O)c1ccc(C(C)(C)C)cc1.I. The fraction of sp³-hybridized carbons (Fsp3) is 0.636. The molecule has 1 amide bonds. The molecule has 1 aromatic carbocycles. The van der Waals surface area contributed by atoms with Gasteiger partial charge in [-0.05, 0) is 44.2 Å². The molecule has 1 unspecified atom stereocenters. The summed E-state index contributed by atoms with van der Waals surface area (Å²) in [6.07, 6.45) is -0.644. The molecule has 0 fully saturated rings. The van der Waals surface area contributed by atoms with E-state index in [1.54, 1.807) is 0 Å². The van der Waals surface area contributed by atoms with E-state index >= 15 is 0 Å². The molecule has 0 heterocycles. The van der Waals surface area contributed by atoms with Crippen LogP contribution in [0.2, 0.25) is 0 Å². The van der Waals surface area contributed by atoms with Crippen molar-refractivity contribution in [2.75, 3.05) is 26.2 Å². The van der Waals surface area contributed by atoms with Crippen LogP contribution in [0.3, 0.4) is 0 Å². The quantitative estimate of drug-likeness (QED) is 0.242. The molecule has 0 aliphatic heterocycles. The first-order chi connectivity index (χ1) is 13.0. The highest BCUT2D eigenvalue weighted by Crippen LogP contribution is 2.23. The van der Waals surface area contributed by atoms with Gasteiger partial charge in [0.15, 0.2) is 5.96 Å². The number of aliphatic imine (C=N–C) groups is 1. The van der Waals surface area contributed by atoms with Gasteiger partial charge < -0.3 is 21.1 Å². The van der Waals surface area contributed by atoms with Gasteiger partial charge in [-0.2, -0.15) is 0 Å². The number of rotatable bonds is 8. The molecular formula is C22H39IN4O2. The Labute approximate surface area is 193 Å². The highest BCUT2D eigenvalue weighted by molar-refractivity contribution is 14.0. The van der Waals surface area contributed by atoms with Gasteiger partial charge >= 0.3 is 0 Å². The lowest BCUT2D eigenvalue weighted by molar-refractivity contribution is -0.128.